The van der Waals surface area contributed by atoms with E-state index < -0.39 is 11.4 Å². The van der Waals surface area contributed by atoms with Gasteiger partial charge in [0.25, 0.3) is 5.91 Å². The van der Waals surface area contributed by atoms with E-state index in [1.807, 2.05) is 0 Å². The van der Waals surface area contributed by atoms with Crippen LogP contribution in [-0.4, -0.2) is 26.6 Å². The van der Waals surface area contributed by atoms with Crippen molar-refractivity contribution in [2.75, 3.05) is 5.32 Å². The van der Waals surface area contributed by atoms with Crippen molar-refractivity contribution in [2.45, 2.75) is 17.3 Å². The van der Waals surface area contributed by atoms with Gasteiger partial charge in [-0.25, -0.2) is 0 Å². The number of hydrogen-bond donors (Lipinski definition) is 2. The van der Waals surface area contributed by atoms with Crippen molar-refractivity contribution in [3.05, 3.63) is 35.7 Å². The molecule has 0 fully saturated rings. The van der Waals surface area contributed by atoms with Crippen LogP contribution in [0.15, 0.2) is 29.2 Å². The predicted molar refractivity (Wildman–Crippen MR) is 67.4 cm³/mol. The first kappa shape index (κ1) is 14.4. The summed E-state index contributed by atoms with van der Waals surface area (Å²) in [6, 6.07) is 5.08. The Kier molecular flexibility index (Phi) is 3.98. The number of nitrogens with one attached hydrogen (secondary N) is 2. The zero-order chi connectivity index (χ0) is 14.8. The van der Waals surface area contributed by atoms with Gasteiger partial charge in [0.05, 0.1) is 0 Å². The van der Waals surface area contributed by atoms with Crippen LogP contribution in [0.3, 0.4) is 0 Å². The Labute approximate surface area is 116 Å². The highest BCUT2D eigenvalue weighted by atomic mass is 32.2. The highest BCUT2D eigenvalue weighted by Gasteiger charge is 2.29. The number of H-pyrrole nitrogens is 1. The summed E-state index contributed by atoms with van der Waals surface area (Å²) in [4.78, 5) is 15.7. The van der Waals surface area contributed by atoms with Crippen LogP contribution in [0.5, 0.6) is 0 Å². The molecule has 0 spiro atoms. The molecule has 0 unspecified atom stereocenters. The molecule has 0 atom stereocenters. The highest BCUT2D eigenvalue weighted by Crippen LogP contribution is 2.36. The molecule has 0 radical (unpaired) electrons. The van der Waals surface area contributed by atoms with E-state index in [9.17, 15) is 18.0 Å². The van der Waals surface area contributed by atoms with Crippen LogP contribution < -0.4 is 5.32 Å². The number of thioether (sulfide) groups is 1. The first-order valence-corrected chi connectivity index (χ1v) is 6.21. The standard InChI is InChI=1S/C11H9F3N4OS/c1-6-15-10(18-17-6)16-9(19)7-2-4-8(5-3-7)20-11(12,13)14/h2-5H,1H3,(H2,15,16,17,18,19). The Balaban J connectivity index is 2.04. The Hall–Kier alpha value is -2.03. The Bertz CT molecular complexity index is 609. The summed E-state index contributed by atoms with van der Waals surface area (Å²) in [5.74, 6) is 0.158. The molecule has 1 heterocycles. The molecule has 0 aliphatic rings. The summed E-state index contributed by atoms with van der Waals surface area (Å²) in [7, 11) is 0. The Morgan fingerprint density at radius 2 is 1.95 bits per heavy atom. The average Bonchev–Trinajstić information content (AvgIpc) is 2.73. The van der Waals surface area contributed by atoms with Gasteiger partial charge >= 0.3 is 5.51 Å². The molecular weight excluding hydrogens is 293 g/mol. The number of carbonyl (C=O) groups is 1. The van der Waals surface area contributed by atoms with E-state index in [-0.39, 0.29) is 28.2 Å². The van der Waals surface area contributed by atoms with E-state index >= 15 is 0 Å². The maximum absolute atomic E-state index is 12.2. The molecule has 1 aromatic carbocycles. The van der Waals surface area contributed by atoms with Crippen LogP contribution in [0.1, 0.15) is 16.2 Å². The van der Waals surface area contributed by atoms with Crippen LogP contribution in [0, 0.1) is 6.92 Å². The van der Waals surface area contributed by atoms with Crippen molar-refractivity contribution in [1.82, 2.24) is 15.2 Å². The van der Waals surface area contributed by atoms with Gasteiger partial charge in [0.2, 0.25) is 5.95 Å². The number of anilines is 1. The third kappa shape index (κ3) is 3.98. The fourth-order valence-corrected chi connectivity index (χ4v) is 1.92. The molecule has 0 bridgehead atoms. The van der Waals surface area contributed by atoms with Gasteiger partial charge in [-0.15, -0.1) is 5.10 Å². The first-order valence-electron chi connectivity index (χ1n) is 5.40. The van der Waals surface area contributed by atoms with Crippen molar-refractivity contribution in [3.8, 4) is 0 Å². The minimum Gasteiger partial charge on any atom is -0.289 e. The van der Waals surface area contributed by atoms with Crippen molar-refractivity contribution in [1.29, 1.82) is 0 Å². The molecule has 9 heteroatoms. The van der Waals surface area contributed by atoms with E-state index in [0.717, 1.165) is 0 Å². The zero-order valence-corrected chi connectivity index (χ0v) is 11.0. The number of carbonyl (C=O) groups excluding carboxylic acids is 1. The van der Waals surface area contributed by atoms with Crippen molar-refractivity contribution in [3.63, 3.8) is 0 Å². The van der Waals surface area contributed by atoms with E-state index in [1.165, 1.54) is 24.3 Å². The summed E-state index contributed by atoms with van der Waals surface area (Å²) in [6.45, 7) is 1.67. The van der Waals surface area contributed by atoms with E-state index in [0.29, 0.717) is 5.82 Å². The van der Waals surface area contributed by atoms with Gasteiger partial charge in [0.15, 0.2) is 0 Å². The second kappa shape index (κ2) is 5.53. The maximum atomic E-state index is 12.2. The zero-order valence-electron chi connectivity index (χ0n) is 10.2. The molecule has 0 aliphatic heterocycles. The number of halogens is 3. The van der Waals surface area contributed by atoms with E-state index in [4.69, 9.17) is 0 Å². The molecule has 2 rings (SSSR count). The molecule has 2 N–H and O–H groups in total. The first-order chi connectivity index (χ1) is 9.33. The number of rotatable bonds is 3. The van der Waals surface area contributed by atoms with Crippen molar-refractivity contribution < 1.29 is 18.0 Å². The number of amides is 1. The SMILES string of the molecule is Cc1nc(NC(=O)c2ccc(SC(F)(F)F)cc2)n[nH]1. The lowest BCUT2D eigenvalue weighted by atomic mass is 10.2. The van der Waals surface area contributed by atoms with Gasteiger partial charge in [-0.05, 0) is 43.0 Å². The minimum atomic E-state index is -4.35. The number of alkyl halides is 3. The molecule has 2 aromatic rings. The molecule has 0 saturated carbocycles. The van der Waals surface area contributed by atoms with Gasteiger partial charge in [0.1, 0.15) is 5.82 Å². The Morgan fingerprint density at radius 1 is 1.30 bits per heavy atom. The molecule has 0 saturated heterocycles. The van der Waals surface area contributed by atoms with Crippen LogP contribution in [-0.2, 0) is 0 Å². The fraction of sp³-hybridized carbons (Fsp3) is 0.182. The van der Waals surface area contributed by atoms with E-state index in [2.05, 4.69) is 20.5 Å². The minimum absolute atomic E-state index is 0.0165. The summed E-state index contributed by atoms with van der Waals surface area (Å²) in [6.07, 6.45) is 0. The molecule has 1 amide bonds. The number of aromatic amines is 1. The van der Waals surface area contributed by atoms with E-state index in [1.54, 1.807) is 6.92 Å². The smallest absolute Gasteiger partial charge is 0.289 e. The largest absolute Gasteiger partial charge is 0.446 e. The van der Waals surface area contributed by atoms with Gasteiger partial charge in [-0.2, -0.15) is 18.2 Å². The number of benzene rings is 1. The summed E-state index contributed by atoms with van der Waals surface area (Å²) in [5, 5.41) is 8.71. The van der Waals surface area contributed by atoms with Gasteiger partial charge < -0.3 is 0 Å². The lowest BCUT2D eigenvalue weighted by Crippen LogP contribution is -2.13. The molecule has 20 heavy (non-hydrogen) atoms. The summed E-state index contributed by atoms with van der Waals surface area (Å²) in [5.41, 5.74) is -4.13. The molecule has 0 aliphatic carbocycles. The number of hydrogen-bond acceptors (Lipinski definition) is 4. The molecule has 5 nitrogen and oxygen atoms in total. The van der Waals surface area contributed by atoms with Crippen LogP contribution in [0.25, 0.3) is 0 Å². The second-order valence-corrected chi connectivity index (χ2v) is 4.91. The number of nitrogens with zero attached hydrogens (tertiary/aromatic N) is 2. The summed E-state index contributed by atoms with van der Waals surface area (Å²) >= 11 is -0.233. The second-order valence-electron chi connectivity index (χ2n) is 3.77. The lowest BCUT2D eigenvalue weighted by Gasteiger charge is -2.06. The highest BCUT2D eigenvalue weighted by molar-refractivity contribution is 8.00. The topological polar surface area (TPSA) is 70.7 Å². The Morgan fingerprint density at radius 3 is 2.45 bits per heavy atom. The third-order valence-electron chi connectivity index (χ3n) is 2.17. The van der Waals surface area contributed by atoms with Crippen LogP contribution >= 0.6 is 11.8 Å². The van der Waals surface area contributed by atoms with Gasteiger partial charge in [-0.1, -0.05) is 0 Å². The quantitative estimate of drug-likeness (QED) is 0.855. The predicted octanol–water partition coefficient (Wildman–Crippen LogP) is 2.98. The monoisotopic (exact) mass is 302 g/mol. The normalized spacial score (nSPS) is 11.4. The third-order valence-corrected chi connectivity index (χ3v) is 2.91. The van der Waals surface area contributed by atoms with Gasteiger partial charge in [0, 0.05) is 10.5 Å². The average molecular weight is 302 g/mol. The van der Waals surface area contributed by atoms with Gasteiger partial charge in [-0.3, -0.25) is 15.2 Å². The lowest BCUT2D eigenvalue weighted by molar-refractivity contribution is -0.0328. The maximum Gasteiger partial charge on any atom is 0.446 e. The molecular formula is C11H9F3N4OS. The van der Waals surface area contributed by atoms with Crippen LogP contribution in [0.2, 0.25) is 0 Å². The fourth-order valence-electron chi connectivity index (χ4n) is 1.38. The van der Waals surface area contributed by atoms with Crippen molar-refractivity contribution >= 4 is 23.6 Å². The summed E-state index contributed by atoms with van der Waals surface area (Å²) < 4.78 is 36.5. The molecule has 1 aromatic heterocycles. The molecule has 106 valence electrons. The van der Waals surface area contributed by atoms with Crippen LogP contribution in [0.4, 0.5) is 19.1 Å². The number of aromatic nitrogens is 3. The van der Waals surface area contributed by atoms with Crippen molar-refractivity contribution in [2.24, 2.45) is 0 Å². The number of aryl methyl sites for hydroxylation is 1.